The minimum absolute atomic E-state index is 0.107. The van der Waals surface area contributed by atoms with Gasteiger partial charge >= 0.3 is 5.97 Å². The van der Waals surface area contributed by atoms with Crippen LogP contribution in [0.15, 0.2) is 34.8 Å². The van der Waals surface area contributed by atoms with Crippen molar-refractivity contribution in [3.63, 3.8) is 0 Å². The number of benzene rings is 1. The van der Waals surface area contributed by atoms with Gasteiger partial charge in [0.05, 0.1) is 5.69 Å². The van der Waals surface area contributed by atoms with Gasteiger partial charge in [0.1, 0.15) is 17.1 Å². The summed E-state index contributed by atoms with van der Waals surface area (Å²) < 4.78 is 6.24. The minimum atomic E-state index is -1.04. The quantitative estimate of drug-likeness (QED) is 0.909. The first kappa shape index (κ1) is 14.5. The molecule has 0 saturated heterocycles. The van der Waals surface area contributed by atoms with Crippen molar-refractivity contribution in [2.75, 3.05) is 0 Å². The molecule has 0 unspecified atom stereocenters. The Morgan fingerprint density at radius 1 is 1.30 bits per heavy atom. The van der Waals surface area contributed by atoms with Crippen LogP contribution < -0.4 is 4.74 Å². The van der Waals surface area contributed by atoms with Crippen LogP contribution in [0.1, 0.15) is 28.7 Å². The van der Waals surface area contributed by atoms with E-state index in [1.54, 1.807) is 18.2 Å². The molecular formula is C15H14BrNO3. The molecule has 0 spiro atoms. The highest BCUT2D eigenvalue weighted by Crippen LogP contribution is 2.32. The van der Waals surface area contributed by atoms with Gasteiger partial charge in [0.2, 0.25) is 0 Å². The third kappa shape index (κ3) is 2.99. The average Bonchev–Trinajstić information content (AvgIpc) is 2.40. The molecule has 0 aliphatic rings. The molecule has 1 N–H and O–H groups in total. The molecule has 1 aromatic heterocycles. The Kier molecular flexibility index (Phi) is 4.39. The molecule has 0 amide bonds. The second kappa shape index (κ2) is 6.05. The first-order valence-corrected chi connectivity index (χ1v) is 6.98. The number of hydrogen-bond acceptors (Lipinski definition) is 3. The summed E-state index contributed by atoms with van der Waals surface area (Å²) in [6, 6.07) is 8.69. The molecule has 0 saturated carbocycles. The number of ether oxygens (including phenoxy) is 1. The number of halogens is 1. The third-order valence-electron chi connectivity index (χ3n) is 2.82. The molecule has 1 aromatic carbocycles. The molecule has 0 aliphatic heterocycles. The lowest BCUT2D eigenvalue weighted by molar-refractivity contribution is 0.0693. The van der Waals surface area contributed by atoms with Crippen molar-refractivity contribution >= 4 is 21.9 Å². The van der Waals surface area contributed by atoms with Crippen LogP contribution in [0.25, 0.3) is 0 Å². The molecule has 5 heteroatoms. The van der Waals surface area contributed by atoms with Gasteiger partial charge in [0.15, 0.2) is 0 Å². The number of aromatic nitrogens is 1. The number of aromatic carboxylic acids is 1. The van der Waals surface area contributed by atoms with Crippen molar-refractivity contribution in [2.24, 2.45) is 0 Å². The summed E-state index contributed by atoms with van der Waals surface area (Å²) in [4.78, 5) is 15.7. The lowest BCUT2D eigenvalue weighted by Gasteiger charge is -2.12. The molecule has 2 aromatic rings. The fourth-order valence-electron chi connectivity index (χ4n) is 1.86. The zero-order valence-electron chi connectivity index (χ0n) is 11.2. The highest BCUT2D eigenvalue weighted by molar-refractivity contribution is 9.10. The van der Waals surface area contributed by atoms with Gasteiger partial charge in [-0.2, -0.15) is 0 Å². The predicted octanol–water partition coefficient (Wildman–Crippen LogP) is 4.21. The largest absolute Gasteiger partial charge is 0.478 e. The highest BCUT2D eigenvalue weighted by atomic mass is 79.9. The van der Waals surface area contributed by atoms with Crippen LogP contribution in [0.3, 0.4) is 0 Å². The van der Waals surface area contributed by atoms with E-state index in [-0.39, 0.29) is 5.56 Å². The van der Waals surface area contributed by atoms with Gasteiger partial charge < -0.3 is 9.84 Å². The van der Waals surface area contributed by atoms with Gasteiger partial charge in [0.25, 0.3) is 0 Å². The lowest BCUT2D eigenvalue weighted by Crippen LogP contribution is -2.03. The van der Waals surface area contributed by atoms with E-state index >= 15 is 0 Å². The number of pyridine rings is 1. The molecule has 2 rings (SSSR count). The number of nitrogens with zero attached hydrogens (tertiary/aromatic N) is 1. The molecule has 0 atom stereocenters. The summed E-state index contributed by atoms with van der Waals surface area (Å²) in [5.41, 5.74) is 1.82. The van der Waals surface area contributed by atoms with E-state index in [0.717, 1.165) is 11.4 Å². The molecule has 0 aliphatic carbocycles. The zero-order chi connectivity index (χ0) is 14.7. The second-order valence-electron chi connectivity index (χ2n) is 4.27. The fraction of sp³-hybridized carbons (Fsp3) is 0.200. The maximum atomic E-state index is 11.3. The lowest BCUT2D eigenvalue weighted by atomic mass is 10.2. The van der Waals surface area contributed by atoms with Gasteiger partial charge in [0, 0.05) is 10.2 Å². The highest BCUT2D eigenvalue weighted by Gasteiger charge is 2.17. The topological polar surface area (TPSA) is 59.4 Å². The van der Waals surface area contributed by atoms with Gasteiger partial charge in [-0.3, -0.25) is 4.98 Å². The van der Waals surface area contributed by atoms with E-state index in [1.165, 1.54) is 0 Å². The van der Waals surface area contributed by atoms with E-state index < -0.39 is 5.97 Å². The molecule has 1 heterocycles. The van der Waals surface area contributed by atoms with Crippen molar-refractivity contribution in [2.45, 2.75) is 20.3 Å². The van der Waals surface area contributed by atoms with Gasteiger partial charge in [-0.15, -0.1) is 0 Å². The van der Waals surface area contributed by atoms with E-state index in [2.05, 4.69) is 20.9 Å². The van der Waals surface area contributed by atoms with Crippen molar-refractivity contribution < 1.29 is 14.6 Å². The van der Waals surface area contributed by atoms with E-state index in [0.29, 0.717) is 22.4 Å². The fourth-order valence-corrected chi connectivity index (χ4v) is 2.38. The Morgan fingerprint density at radius 3 is 2.70 bits per heavy atom. The predicted molar refractivity (Wildman–Crippen MR) is 79.5 cm³/mol. The summed E-state index contributed by atoms with van der Waals surface area (Å²) in [5.74, 6) is -0.156. The van der Waals surface area contributed by atoms with E-state index in [1.807, 2.05) is 26.0 Å². The molecule has 104 valence electrons. The van der Waals surface area contributed by atoms with Crippen LogP contribution in [0, 0.1) is 6.92 Å². The monoisotopic (exact) mass is 335 g/mol. The maximum absolute atomic E-state index is 11.3. The number of rotatable bonds is 4. The molecule has 0 bridgehead atoms. The van der Waals surface area contributed by atoms with Crippen LogP contribution in [-0.4, -0.2) is 16.1 Å². The first-order valence-electron chi connectivity index (χ1n) is 6.19. The standard InChI is InChI=1S/C15H14BrNO3/c1-3-11-12(8-7-9(2)17-11)20-13-6-4-5-10(16)14(13)15(18)19/h4-8H,3H2,1-2H3,(H,18,19). The maximum Gasteiger partial charge on any atom is 0.340 e. The smallest absolute Gasteiger partial charge is 0.340 e. The SMILES string of the molecule is CCc1nc(C)ccc1Oc1cccc(Br)c1C(=O)O. The van der Waals surface area contributed by atoms with E-state index in [9.17, 15) is 9.90 Å². The van der Waals surface area contributed by atoms with Gasteiger partial charge in [-0.1, -0.05) is 13.0 Å². The van der Waals surface area contributed by atoms with Crippen LogP contribution in [0.4, 0.5) is 0 Å². The Bertz CT molecular complexity index is 656. The van der Waals surface area contributed by atoms with Crippen molar-refractivity contribution in [1.29, 1.82) is 0 Å². The molecular weight excluding hydrogens is 322 g/mol. The number of carbonyl (C=O) groups is 1. The van der Waals surface area contributed by atoms with Gasteiger partial charge in [-0.25, -0.2) is 4.79 Å². The van der Waals surface area contributed by atoms with E-state index in [4.69, 9.17) is 4.74 Å². The summed E-state index contributed by atoms with van der Waals surface area (Å²) in [7, 11) is 0. The third-order valence-corrected chi connectivity index (χ3v) is 3.48. The Hall–Kier alpha value is -1.88. The molecule has 0 fully saturated rings. The molecule has 0 radical (unpaired) electrons. The Morgan fingerprint density at radius 2 is 2.05 bits per heavy atom. The number of aryl methyl sites for hydroxylation is 2. The average molecular weight is 336 g/mol. The summed E-state index contributed by atoms with van der Waals surface area (Å²) in [5, 5.41) is 9.27. The summed E-state index contributed by atoms with van der Waals surface area (Å²) in [6.45, 7) is 3.89. The number of carboxylic acid groups (broad SMARTS) is 1. The first-order chi connectivity index (χ1) is 9.52. The van der Waals surface area contributed by atoms with Crippen molar-refractivity contribution in [1.82, 2.24) is 4.98 Å². The van der Waals surface area contributed by atoms with Crippen LogP contribution in [0.2, 0.25) is 0 Å². The van der Waals surface area contributed by atoms with Gasteiger partial charge in [-0.05, 0) is 53.5 Å². The zero-order valence-corrected chi connectivity index (χ0v) is 12.8. The number of hydrogen-bond donors (Lipinski definition) is 1. The van der Waals surface area contributed by atoms with Crippen LogP contribution in [0.5, 0.6) is 11.5 Å². The Labute approximate surface area is 125 Å². The van der Waals surface area contributed by atoms with Crippen LogP contribution >= 0.6 is 15.9 Å². The second-order valence-corrected chi connectivity index (χ2v) is 5.13. The normalized spacial score (nSPS) is 10.3. The summed E-state index contributed by atoms with van der Waals surface area (Å²) in [6.07, 6.45) is 0.716. The number of carboxylic acids is 1. The van der Waals surface area contributed by atoms with Crippen molar-refractivity contribution in [3.05, 3.63) is 51.8 Å². The molecule has 4 nitrogen and oxygen atoms in total. The van der Waals surface area contributed by atoms with Crippen molar-refractivity contribution in [3.8, 4) is 11.5 Å². The molecule has 20 heavy (non-hydrogen) atoms. The Balaban J connectivity index is 2.45. The minimum Gasteiger partial charge on any atom is -0.478 e. The van der Waals surface area contributed by atoms with Crippen LogP contribution in [-0.2, 0) is 6.42 Å². The summed E-state index contributed by atoms with van der Waals surface area (Å²) >= 11 is 3.23.